The van der Waals surface area contributed by atoms with Gasteiger partial charge in [0, 0.05) is 26.4 Å². The van der Waals surface area contributed by atoms with Crippen LogP contribution in [0.1, 0.15) is 5.56 Å². The Kier molecular flexibility index (Phi) is 3.62. The van der Waals surface area contributed by atoms with Gasteiger partial charge < -0.3 is 4.90 Å². The molecule has 0 radical (unpaired) electrons. The van der Waals surface area contributed by atoms with Gasteiger partial charge in [-0.2, -0.15) is 0 Å². The Morgan fingerprint density at radius 2 is 1.94 bits per heavy atom. The smallest absolute Gasteiger partial charge is 0.177 e. The fraction of sp³-hybridized carbons (Fsp3) is 0.231. The van der Waals surface area contributed by atoms with Gasteiger partial charge in [0.15, 0.2) is 5.82 Å². The third kappa shape index (κ3) is 2.88. The minimum absolute atomic E-state index is 0.552. The van der Waals surface area contributed by atoms with Crippen LogP contribution in [0.15, 0.2) is 47.0 Å². The molecule has 0 saturated heterocycles. The Morgan fingerprint density at radius 3 is 2.61 bits per heavy atom. The molecule has 1 aromatic carbocycles. The normalized spacial score (nSPS) is 10.8. The molecule has 0 spiro atoms. The Balaban J connectivity index is 2.33. The van der Waals surface area contributed by atoms with Crippen molar-refractivity contribution < 1.29 is 0 Å². The number of azo groups is 1. The standard InChI is InChI=1S/C13H15N5/c1-10-4-5-12(18(2)3)11(8-10)16-17-13-6-7-14-9-15-13/h4-9H,1-3H3. The summed E-state index contributed by atoms with van der Waals surface area (Å²) in [6.45, 7) is 2.03. The highest BCUT2D eigenvalue weighted by atomic mass is 15.2. The number of anilines is 1. The van der Waals surface area contributed by atoms with Gasteiger partial charge in [-0.3, -0.25) is 0 Å². The van der Waals surface area contributed by atoms with E-state index >= 15 is 0 Å². The third-order valence-electron chi connectivity index (χ3n) is 2.44. The molecule has 0 aliphatic heterocycles. The van der Waals surface area contributed by atoms with Gasteiger partial charge in [0.25, 0.3) is 0 Å². The summed E-state index contributed by atoms with van der Waals surface area (Å²) in [5, 5.41) is 8.36. The minimum atomic E-state index is 0.552. The Labute approximate surface area is 106 Å². The van der Waals surface area contributed by atoms with Crippen LogP contribution >= 0.6 is 0 Å². The fourth-order valence-corrected chi connectivity index (χ4v) is 1.54. The van der Waals surface area contributed by atoms with Crippen molar-refractivity contribution in [3.8, 4) is 0 Å². The molecule has 0 aliphatic rings. The lowest BCUT2D eigenvalue weighted by Crippen LogP contribution is -2.08. The molecule has 5 heteroatoms. The second kappa shape index (κ2) is 5.35. The average molecular weight is 241 g/mol. The van der Waals surface area contributed by atoms with Crippen molar-refractivity contribution in [1.29, 1.82) is 0 Å². The van der Waals surface area contributed by atoms with Crippen molar-refractivity contribution in [3.63, 3.8) is 0 Å². The molecule has 0 unspecified atom stereocenters. The molecule has 5 nitrogen and oxygen atoms in total. The van der Waals surface area contributed by atoms with E-state index in [2.05, 4.69) is 26.3 Å². The van der Waals surface area contributed by atoms with E-state index in [1.807, 2.05) is 38.1 Å². The van der Waals surface area contributed by atoms with E-state index in [0.717, 1.165) is 16.9 Å². The number of benzene rings is 1. The predicted octanol–water partition coefficient (Wildman–Crippen LogP) is 3.27. The highest BCUT2D eigenvalue weighted by Crippen LogP contribution is 2.29. The molecule has 0 atom stereocenters. The number of aryl methyl sites for hydroxylation is 1. The van der Waals surface area contributed by atoms with Crippen LogP contribution in [0.25, 0.3) is 0 Å². The van der Waals surface area contributed by atoms with E-state index in [9.17, 15) is 0 Å². The largest absolute Gasteiger partial charge is 0.376 e. The fourth-order valence-electron chi connectivity index (χ4n) is 1.54. The van der Waals surface area contributed by atoms with Crippen molar-refractivity contribution in [2.24, 2.45) is 10.2 Å². The number of nitrogens with zero attached hydrogens (tertiary/aromatic N) is 5. The molecule has 0 bridgehead atoms. The van der Waals surface area contributed by atoms with Crippen LogP contribution in [0.2, 0.25) is 0 Å². The van der Waals surface area contributed by atoms with Gasteiger partial charge in [-0.25, -0.2) is 9.97 Å². The van der Waals surface area contributed by atoms with E-state index < -0.39 is 0 Å². The van der Waals surface area contributed by atoms with E-state index in [-0.39, 0.29) is 0 Å². The van der Waals surface area contributed by atoms with Crippen LogP contribution in [0.5, 0.6) is 0 Å². The number of rotatable bonds is 3. The molecule has 1 heterocycles. The van der Waals surface area contributed by atoms with Crippen molar-refractivity contribution in [1.82, 2.24) is 9.97 Å². The topological polar surface area (TPSA) is 53.7 Å². The Hall–Kier alpha value is -2.30. The summed E-state index contributed by atoms with van der Waals surface area (Å²) in [6.07, 6.45) is 3.10. The van der Waals surface area contributed by atoms with Gasteiger partial charge in [0.05, 0.1) is 5.69 Å². The molecular weight excluding hydrogens is 226 g/mol. The second-order valence-corrected chi connectivity index (χ2v) is 4.15. The first-order valence-electron chi connectivity index (χ1n) is 5.62. The van der Waals surface area contributed by atoms with Gasteiger partial charge in [-0.05, 0) is 24.6 Å². The first-order valence-corrected chi connectivity index (χ1v) is 5.62. The van der Waals surface area contributed by atoms with E-state index in [1.54, 1.807) is 12.3 Å². The van der Waals surface area contributed by atoms with E-state index in [1.165, 1.54) is 6.33 Å². The second-order valence-electron chi connectivity index (χ2n) is 4.15. The van der Waals surface area contributed by atoms with E-state index in [4.69, 9.17) is 0 Å². The molecule has 2 rings (SSSR count). The van der Waals surface area contributed by atoms with Crippen LogP contribution in [0.3, 0.4) is 0 Å². The number of hydrogen-bond acceptors (Lipinski definition) is 5. The molecule has 18 heavy (non-hydrogen) atoms. The lowest BCUT2D eigenvalue weighted by atomic mass is 10.2. The number of aromatic nitrogens is 2. The lowest BCUT2D eigenvalue weighted by molar-refractivity contribution is 1.08. The van der Waals surface area contributed by atoms with Gasteiger partial charge in [0.1, 0.15) is 12.0 Å². The van der Waals surface area contributed by atoms with Gasteiger partial charge >= 0.3 is 0 Å². The monoisotopic (exact) mass is 241 g/mol. The zero-order chi connectivity index (χ0) is 13.0. The summed E-state index contributed by atoms with van der Waals surface area (Å²) >= 11 is 0. The first-order chi connectivity index (χ1) is 8.66. The third-order valence-corrected chi connectivity index (χ3v) is 2.44. The summed E-state index contributed by atoms with van der Waals surface area (Å²) in [4.78, 5) is 9.85. The molecule has 0 saturated carbocycles. The van der Waals surface area contributed by atoms with Gasteiger partial charge in [-0.1, -0.05) is 6.07 Å². The SMILES string of the molecule is Cc1ccc(N(C)C)c(N=Nc2ccncn2)c1. The molecule has 0 N–H and O–H groups in total. The quantitative estimate of drug-likeness (QED) is 0.775. The minimum Gasteiger partial charge on any atom is -0.376 e. The van der Waals surface area contributed by atoms with Crippen molar-refractivity contribution in [2.45, 2.75) is 6.92 Å². The highest BCUT2D eigenvalue weighted by molar-refractivity contribution is 5.67. The summed E-state index contributed by atoms with van der Waals surface area (Å²) < 4.78 is 0. The summed E-state index contributed by atoms with van der Waals surface area (Å²) in [5.74, 6) is 0.552. The van der Waals surface area contributed by atoms with Crippen molar-refractivity contribution >= 4 is 17.2 Å². The zero-order valence-corrected chi connectivity index (χ0v) is 10.7. The summed E-state index contributed by atoms with van der Waals surface area (Å²) in [7, 11) is 3.96. The molecule has 0 amide bonds. The zero-order valence-electron chi connectivity index (χ0n) is 10.7. The van der Waals surface area contributed by atoms with Gasteiger partial charge in [0.2, 0.25) is 0 Å². The molecule has 0 aliphatic carbocycles. The molecule has 0 fully saturated rings. The summed E-state index contributed by atoms with van der Waals surface area (Å²) in [6, 6.07) is 7.80. The lowest BCUT2D eigenvalue weighted by Gasteiger charge is -2.14. The maximum atomic E-state index is 4.25. The Morgan fingerprint density at radius 1 is 1.11 bits per heavy atom. The molecule has 1 aromatic heterocycles. The van der Waals surface area contributed by atoms with Crippen LogP contribution in [-0.4, -0.2) is 24.1 Å². The first kappa shape index (κ1) is 12.2. The maximum Gasteiger partial charge on any atom is 0.177 e. The predicted molar refractivity (Wildman–Crippen MR) is 71.7 cm³/mol. The van der Waals surface area contributed by atoms with Gasteiger partial charge in [-0.15, -0.1) is 10.2 Å². The van der Waals surface area contributed by atoms with Crippen LogP contribution in [0.4, 0.5) is 17.2 Å². The van der Waals surface area contributed by atoms with E-state index in [0.29, 0.717) is 5.82 Å². The molecular formula is C13H15N5. The maximum absolute atomic E-state index is 4.25. The van der Waals surface area contributed by atoms with Crippen LogP contribution in [0, 0.1) is 6.92 Å². The highest BCUT2D eigenvalue weighted by Gasteiger charge is 2.03. The van der Waals surface area contributed by atoms with Crippen LogP contribution in [-0.2, 0) is 0 Å². The average Bonchev–Trinajstić information content (AvgIpc) is 2.37. The summed E-state index contributed by atoms with van der Waals surface area (Å²) in [5.41, 5.74) is 3.01. The molecule has 2 aromatic rings. The van der Waals surface area contributed by atoms with Crippen molar-refractivity contribution in [2.75, 3.05) is 19.0 Å². The van der Waals surface area contributed by atoms with Crippen molar-refractivity contribution in [3.05, 3.63) is 42.4 Å². The molecule has 92 valence electrons. The number of hydrogen-bond donors (Lipinski definition) is 0. The van der Waals surface area contributed by atoms with Crippen LogP contribution < -0.4 is 4.90 Å². The Bertz CT molecular complexity index is 549.